The minimum atomic E-state index is -3.83. The van der Waals surface area contributed by atoms with Crippen LogP contribution in [0, 0.1) is 12.3 Å². The Labute approximate surface area is 164 Å². The summed E-state index contributed by atoms with van der Waals surface area (Å²) in [5, 5.41) is 0. The zero-order valence-corrected chi connectivity index (χ0v) is 15.9. The zero-order chi connectivity index (χ0) is 20.1. The van der Waals surface area contributed by atoms with Crippen molar-refractivity contribution < 1.29 is 22.7 Å². The highest BCUT2D eigenvalue weighted by molar-refractivity contribution is 7.89. The van der Waals surface area contributed by atoms with Gasteiger partial charge in [-0.2, -0.15) is 4.72 Å². The summed E-state index contributed by atoms with van der Waals surface area (Å²) in [6, 6.07) is 10.9. The van der Waals surface area contributed by atoms with Crippen LogP contribution in [0.4, 0.5) is 0 Å². The molecule has 28 heavy (non-hydrogen) atoms. The molecule has 0 saturated heterocycles. The molecule has 0 bridgehead atoms. The average Bonchev–Trinajstić information content (AvgIpc) is 3.18. The number of esters is 1. The molecule has 0 atom stereocenters. The Morgan fingerprint density at radius 1 is 1.07 bits per heavy atom. The normalized spacial score (nSPS) is 12.8. The maximum atomic E-state index is 12.3. The van der Waals surface area contributed by atoms with Gasteiger partial charge >= 0.3 is 5.97 Å². The predicted octanol–water partition coefficient (Wildman–Crippen LogP) is 2.13. The second-order valence-electron chi connectivity index (χ2n) is 6.39. The highest BCUT2D eigenvalue weighted by Gasteiger charge is 2.18. The molecule has 0 heterocycles. The van der Waals surface area contributed by atoms with Crippen molar-refractivity contribution >= 4 is 21.8 Å². The first-order valence-corrected chi connectivity index (χ1v) is 10.2. The van der Waals surface area contributed by atoms with Gasteiger partial charge in [-0.25, -0.2) is 13.2 Å². The lowest BCUT2D eigenvalue weighted by molar-refractivity contribution is 0.0474. The largest absolute Gasteiger partial charge is 0.454 e. The summed E-state index contributed by atoms with van der Waals surface area (Å²) < 4.78 is 31.5. The number of fused-ring (bicyclic) bond motifs is 1. The lowest BCUT2D eigenvalue weighted by Crippen LogP contribution is -2.24. The third-order valence-corrected chi connectivity index (χ3v) is 5.90. The van der Waals surface area contributed by atoms with Crippen LogP contribution in [0.2, 0.25) is 0 Å². The van der Waals surface area contributed by atoms with Gasteiger partial charge in [0.1, 0.15) is 0 Å². The number of hydrogen-bond acceptors (Lipinski definition) is 5. The van der Waals surface area contributed by atoms with E-state index in [-0.39, 0.29) is 22.8 Å². The number of sulfonamides is 1. The maximum absolute atomic E-state index is 12.3. The summed E-state index contributed by atoms with van der Waals surface area (Å²) in [5.41, 5.74) is 2.95. The van der Waals surface area contributed by atoms with E-state index in [0.29, 0.717) is 5.56 Å². The van der Waals surface area contributed by atoms with Crippen LogP contribution < -0.4 is 4.72 Å². The third-order valence-electron chi connectivity index (χ3n) is 4.50. The molecule has 1 aliphatic carbocycles. The molecule has 144 valence electrons. The number of nitrogens with one attached hydrogen (secondary N) is 1. The molecule has 3 rings (SSSR count). The molecule has 0 saturated carbocycles. The van der Waals surface area contributed by atoms with Gasteiger partial charge < -0.3 is 4.74 Å². The number of ketones is 1. The maximum Gasteiger partial charge on any atom is 0.338 e. The number of terminal acetylenes is 1. The molecule has 6 nitrogen and oxygen atoms in total. The summed E-state index contributed by atoms with van der Waals surface area (Å²) in [4.78, 5) is 24.5. The molecule has 1 N–H and O–H groups in total. The Morgan fingerprint density at radius 2 is 1.86 bits per heavy atom. The quantitative estimate of drug-likeness (QED) is 0.439. The Kier molecular flexibility index (Phi) is 5.93. The van der Waals surface area contributed by atoms with Crippen molar-refractivity contribution in [3.63, 3.8) is 0 Å². The summed E-state index contributed by atoms with van der Waals surface area (Å²) in [6.07, 6.45) is 8.11. The Hall–Kier alpha value is -2.95. The van der Waals surface area contributed by atoms with Crippen molar-refractivity contribution in [1.82, 2.24) is 4.72 Å². The fourth-order valence-corrected chi connectivity index (χ4v) is 4.03. The van der Waals surface area contributed by atoms with E-state index in [9.17, 15) is 18.0 Å². The lowest BCUT2D eigenvalue weighted by atomic mass is 10.0. The SMILES string of the molecule is C#CCNS(=O)(=O)c1cccc(C(=O)OCC(=O)c2ccc3c(c2)CCC3)c1. The second kappa shape index (κ2) is 8.38. The molecule has 2 aromatic carbocycles. The predicted molar refractivity (Wildman–Crippen MR) is 104 cm³/mol. The number of rotatable bonds is 7. The van der Waals surface area contributed by atoms with Crippen LogP contribution in [0.25, 0.3) is 0 Å². The molecule has 0 aliphatic heterocycles. The number of hydrogen-bond donors (Lipinski definition) is 1. The Morgan fingerprint density at radius 3 is 2.64 bits per heavy atom. The smallest absolute Gasteiger partial charge is 0.338 e. The van der Waals surface area contributed by atoms with E-state index in [0.717, 1.165) is 24.8 Å². The first-order valence-electron chi connectivity index (χ1n) is 8.76. The highest BCUT2D eigenvalue weighted by atomic mass is 32.2. The van der Waals surface area contributed by atoms with E-state index in [1.165, 1.54) is 29.8 Å². The van der Waals surface area contributed by atoms with Gasteiger partial charge in [-0.1, -0.05) is 24.1 Å². The Bertz CT molecular complexity index is 1070. The van der Waals surface area contributed by atoms with Crippen molar-refractivity contribution in [2.45, 2.75) is 24.2 Å². The molecule has 1 aliphatic rings. The monoisotopic (exact) mass is 397 g/mol. The zero-order valence-electron chi connectivity index (χ0n) is 15.1. The van der Waals surface area contributed by atoms with E-state index in [1.807, 2.05) is 12.1 Å². The standard InChI is InChI=1S/C21H19NO5S/c1-2-11-22-28(25,26)19-8-4-7-18(13-19)21(24)27-14-20(23)17-10-9-15-5-3-6-16(15)12-17/h1,4,7-10,12-13,22H,3,5-6,11,14H2. The van der Waals surface area contributed by atoms with Crippen LogP contribution in [0.3, 0.4) is 0 Å². The molecule has 2 aromatic rings. The molecule has 0 aromatic heterocycles. The van der Waals surface area contributed by atoms with Crippen molar-refractivity contribution in [3.05, 3.63) is 64.7 Å². The highest BCUT2D eigenvalue weighted by Crippen LogP contribution is 2.23. The number of ether oxygens (including phenoxy) is 1. The molecule has 0 amide bonds. The van der Waals surface area contributed by atoms with Gasteiger partial charge in [-0.05, 0) is 54.7 Å². The van der Waals surface area contributed by atoms with Gasteiger partial charge in [-0.3, -0.25) is 4.79 Å². The van der Waals surface area contributed by atoms with Crippen molar-refractivity contribution in [3.8, 4) is 12.3 Å². The number of aryl methyl sites for hydroxylation is 2. The molecule has 0 fully saturated rings. The summed E-state index contributed by atoms with van der Waals surface area (Å²) in [7, 11) is -3.83. The van der Waals surface area contributed by atoms with E-state index in [2.05, 4.69) is 10.6 Å². The molecule has 0 radical (unpaired) electrons. The molecular weight excluding hydrogens is 378 g/mol. The van der Waals surface area contributed by atoms with Gasteiger partial charge in [0, 0.05) is 5.56 Å². The topological polar surface area (TPSA) is 89.5 Å². The Balaban J connectivity index is 1.66. The van der Waals surface area contributed by atoms with Gasteiger partial charge in [0.25, 0.3) is 0 Å². The van der Waals surface area contributed by atoms with Crippen LogP contribution in [0.15, 0.2) is 47.4 Å². The van der Waals surface area contributed by atoms with Crippen LogP contribution in [-0.4, -0.2) is 33.3 Å². The first-order chi connectivity index (χ1) is 13.4. The molecular formula is C21H19NO5S. The summed E-state index contributed by atoms with van der Waals surface area (Å²) in [5.74, 6) is 1.10. The van der Waals surface area contributed by atoms with Gasteiger partial charge in [0.2, 0.25) is 10.0 Å². The minimum absolute atomic E-state index is 0.0327. The summed E-state index contributed by atoms with van der Waals surface area (Å²) in [6.45, 7) is -0.573. The molecule has 0 unspecified atom stereocenters. The summed E-state index contributed by atoms with van der Waals surface area (Å²) >= 11 is 0. The molecule has 7 heteroatoms. The van der Waals surface area contributed by atoms with Gasteiger partial charge in [0.15, 0.2) is 12.4 Å². The number of Topliss-reactive ketones (excluding diaryl/α,β-unsaturated/α-hetero) is 1. The van der Waals surface area contributed by atoms with Crippen LogP contribution in [0.1, 0.15) is 38.3 Å². The van der Waals surface area contributed by atoms with Crippen LogP contribution >= 0.6 is 0 Å². The van der Waals surface area contributed by atoms with E-state index >= 15 is 0 Å². The molecule has 0 spiro atoms. The van der Waals surface area contributed by atoms with E-state index in [1.54, 1.807) is 6.07 Å². The third kappa shape index (κ3) is 4.47. The van der Waals surface area contributed by atoms with E-state index in [4.69, 9.17) is 11.2 Å². The van der Waals surface area contributed by atoms with Gasteiger partial charge in [-0.15, -0.1) is 6.42 Å². The van der Waals surface area contributed by atoms with Crippen LogP contribution in [0.5, 0.6) is 0 Å². The minimum Gasteiger partial charge on any atom is -0.454 e. The van der Waals surface area contributed by atoms with Crippen LogP contribution in [-0.2, 0) is 27.6 Å². The van der Waals surface area contributed by atoms with Crippen molar-refractivity contribution in [1.29, 1.82) is 0 Å². The lowest BCUT2D eigenvalue weighted by Gasteiger charge is -2.08. The number of benzene rings is 2. The fourth-order valence-electron chi connectivity index (χ4n) is 3.05. The second-order valence-corrected chi connectivity index (χ2v) is 8.16. The van der Waals surface area contributed by atoms with E-state index < -0.39 is 22.6 Å². The number of carbonyl (C=O) groups excluding carboxylic acids is 2. The van der Waals surface area contributed by atoms with Gasteiger partial charge in [0.05, 0.1) is 17.0 Å². The van der Waals surface area contributed by atoms with Crippen molar-refractivity contribution in [2.24, 2.45) is 0 Å². The van der Waals surface area contributed by atoms with Crippen molar-refractivity contribution in [2.75, 3.05) is 13.2 Å². The number of carbonyl (C=O) groups is 2. The first kappa shape index (κ1) is 19.8. The average molecular weight is 397 g/mol. The fraction of sp³-hybridized carbons (Fsp3) is 0.238.